The molecule has 0 spiro atoms. The van der Waals surface area contributed by atoms with Crippen LogP contribution in [0.2, 0.25) is 0 Å². The number of nitrogens with zero attached hydrogens (tertiary/aromatic N) is 1. The van der Waals surface area contributed by atoms with Crippen molar-refractivity contribution >= 4 is 15.7 Å². The van der Waals surface area contributed by atoms with E-state index in [0.717, 1.165) is 24.3 Å². The zero-order chi connectivity index (χ0) is 17.6. The fourth-order valence-corrected chi connectivity index (χ4v) is 3.60. The van der Waals surface area contributed by atoms with Gasteiger partial charge in [0.2, 0.25) is 10.0 Å². The number of quaternary nitrogens is 1. The van der Waals surface area contributed by atoms with Crippen LogP contribution in [0, 0.1) is 12.3 Å². The maximum atomic E-state index is 11.9. The Hall–Kier alpha value is -1.59. The van der Waals surface area contributed by atoms with E-state index in [-0.39, 0.29) is 11.8 Å². The monoisotopic (exact) mass is 352 g/mol. The highest BCUT2D eigenvalue weighted by molar-refractivity contribution is 7.89. The van der Waals surface area contributed by atoms with E-state index in [1.54, 1.807) is 0 Å². The molecule has 132 valence electrons. The highest BCUT2D eigenvalue weighted by Crippen LogP contribution is 2.16. The van der Waals surface area contributed by atoms with Gasteiger partial charge in [-0.1, -0.05) is 18.1 Å². The normalized spacial score (nSPS) is 17.2. The molecule has 1 saturated heterocycles. The highest BCUT2D eigenvalue weighted by atomic mass is 32.2. The van der Waals surface area contributed by atoms with Gasteiger partial charge in [0.1, 0.15) is 24.9 Å². The summed E-state index contributed by atoms with van der Waals surface area (Å²) in [4.78, 5) is 3.36. The third-order valence-corrected chi connectivity index (χ3v) is 5.37. The maximum absolute atomic E-state index is 11.9. The van der Waals surface area contributed by atoms with E-state index in [1.807, 2.05) is 19.0 Å². The molecule has 7 heteroatoms. The smallest absolute Gasteiger partial charge is 0.223 e. The molecular weight excluding hydrogens is 326 g/mol. The molecule has 0 bridgehead atoms. The van der Waals surface area contributed by atoms with Crippen LogP contribution in [0.1, 0.15) is 11.6 Å². The van der Waals surface area contributed by atoms with E-state index >= 15 is 0 Å². The minimum Gasteiger partial charge on any atom is -0.378 e. The van der Waals surface area contributed by atoms with E-state index < -0.39 is 10.0 Å². The van der Waals surface area contributed by atoms with Crippen LogP contribution in [0.5, 0.6) is 0 Å². The van der Waals surface area contributed by atoms with Gasteiger partial charge >= 0.3 is 0 Å². The van der Waals surface area contributed by atoms with Gasteiger partial charge in [-0.3, -0.25) is 0 Å². The lowest BCUT2D eigenvalue weighted by Gasteiger charge is -2.32. The second-order valence-electron chi connectivity index (χ2n) is 6.12. The van der Waals surface area contributed by atoms with Gasteiger partial charge < -0.3 is 14.5 Å². The van der Waals surface area contributed by atoms with Gasteiger partial charge in [0.05, 0.1) is 19.8 Å². The minimum atomic E-state index is -3.43. The van der Waals surface area contributed by atoms with Crippen molar-refractivity contribution in [2.24, 2.45) is 0 Å². The number of anilines is 1. The largest absolute Gasteiger partial charge is 0.378 e. The Labute approximate surface area is 144 Å². The van der Waals surface area contributed by atoms with E-state index in [2.05, 4.69) is 34.9 Å². The topological polar surface area (TPSA) is 63.1 Å². The first kappa shape index (κ1) is 18.7. The molecule has 0 aromatic heterocycles. The first-order valence-corrected chi connectivity index (χ1v) is 9.68. The summed E-state index contributed by atoms with van der Waals surface area (Å²) in [6.45, 7) is 3.44. The first-order chi connectivity index (χ1) is 11.4. The predicted octanol–water partition coefficient (Wildman–Crippen LogP) is -0.739. The Balaban J connectivity index is 2.17. The fourth-order valence-electron chi connectivity index (χ4n) is 2.86. The number of morpholine rings is 1. The van der Waals surface area contributed by atoms with Crippen LogP contribution in [0.3, 0.4) is 0 Å². The molecule has 1 aliphatic rings. The molecule has 1 atom stereocenters. The Morgan fingerprint density at radius 1 is 1.29 bits per heavy atom. The molecule has 1 aliphatic heterocycles. The third kappa shape index (κ3) is 5.21. The van der Waals surface area contributed by atoms with Crippen molar-refractivity contribution in [1.29, 1.82) is 0 Å². The lowest BCUT2D eigenvalue weighted by atomic mass is 10.0. The molecule has 0 saturated carbocycles. The summed E-state index contributed by atoms with van der Waals surface area (Å²) in [5.74, 6) is 1.89. The number of hydrogen-bond acceptors (Lipinski definition) is 4. The van der Waals surface area contributed by atoms with Gasteiger partial charge in [0.15, 0.2) is 0 Å². The average Bonchev–Trinajstić information content (AvgIpc) is 2.56. The molecule has 2 rings (SSSR count). The van der Waals surface area contributed by atoms with Crippen LogP contribution >= 0.6 is 0 Å². The number of rotatable bonds is 7. The number of benzene rings is 1. The Kier molecular flexibility index (Phi) is 6.63. The summed E-state index contributed by atoms with van der Waals surface area (Å²) < 4.78 is 31.9. The Bertz CT molecular complexity index is 659. The second kappa shape index (κ2) is 8.49. The molecular formula is C17H26N3O3S+. The molecule has 0 unspecified atom stereocenters. The highest BCUT2D eigenvalue weighted by Gasteiger charge is 2.27. The van der Waals surface area contributed by atoms with Gasteiger partial charge in [-0.25, -0.2) is 13.1 Å². The summed E-state index contributed by atoms with van der Waals surface area (Å²) in [5, 5.41) is 0. The van der Waals surface area contributed by atoms with Crippen LogP contribution in [-0.4, -0.2) is 61.1 Å². The molecule has 1 aromatic carbocycles. The molecule has 0 aliphatic carbocycles. The van der Waals surface area contributed by atoms with Crippen molar-refractivity contribution in [1.82, 2.24) is 4.72 Å². The zero-order valence-corrected chi connectivity index (χ0v) is 15.1. The van der Waals surface area contributed by atoms with E-state index in [1.165, 1.54) is 4.90 Å². The van der Waals surface area contributed by atoms with Crippen LogP contribution in [0.4, 0.5) is 5.69 Å². The summed E-state index contributed by atoms with van der Waals surface area (Å²) >= 11 is 0. The van der Waals surface area contributed by atoms with Gasteiger partial charge in [0.25, 0.3) is 0 Å². The van der Waals surface area contributed by atoms with Crippen molar-refractivity contribution in [3.63, 3.8) is 0 Å². The molecule has 1 aromatic rings. The lowest BCUT2D eigenvalue weighted by molar-refractivity contribution is -0.937. The summed E-state index contributed by atoms with van der Waals surface area (Å²) in [6, 6.07) is 8.28. The minimum absolute atomic E-state index is 0.0395. The van der Waals surface area contributed by atoms with Crippen molar-refractivity contribution in [2.45, 2.75) is 6.04 Å². The van der Waals surface area contributed by atoms with Gasteiger partial charge in [-0.05, 0) is 12.1 Å². The van der Waals surface area contributed by atoms with Crippen LogP contribution in [0.15, 0.2) is 24.3 Å². The molecule has 0 radical (unpaired) electrons. The molecule has 0 amide bonds. The number of hydrogen-bond donors (Lipinski definition) is 2. The van der Waals surface area contributed by atoms with Gasteiger partial charge in [-0.15, -0.1) is 6.42 Å². The quantitative estimate of drug-likeness (QED) is 0.635. The summed E-state index contributed by atoms with van der Waals surface area (Å²) in [5.41, 5.74) is 2.23. The SMILES string of the molecule is C#CCS(=O)(=O)NC[C@H](c1ccc(N(C)C)cc1)[NH+]1CCOCC1. The van der Waals surface area contributed by atoms with E-state index in [0.29, 0.717) is 19.8 Å². The van der Waals surface area contributed by atoms with Crippen molar-refractivity contribution < 1.29 is 18.1 Å². The third-order valence-electron chi connectivity index (χ3n) is 4.22. The van der Waals surface area contributed by atoms with E-state index in [9.17, 15) is 8.42 Å². The van der Waals surface area contributed by atoms with Crippen molar-refractivity contribution in [2.75, 3.05) is 57.6 Å². The first-order valence-electron chi connectivity index (χ1n) is 8.03. The Morgan fingerprint density at radius 3 is 2.46 bits per heavy atom. The van der Waals surface area contributed by atoms with Gasteiger partial charge in [0, 0.05) is 25.3 Å². The number of nitrogens with one attached hydrogen (secondary N) is 2. The van der Waals surface area contributed by atoms with Crippen molar-refractivity contribution in [3.05, 3.63) is 29.8 Å². The Morgan fingerprint density at radius 2 is 1.92 bits per heavy atom. The van der Waals surface area contributed by atoms with Crippen molar-refractivity contribution in [3.8, 4) is 12.3 Å². The van der Waals surface area contributed by atoms with Crippen LogP contribution in [-0.2, 0) is 14.8 Å². The average molecular weight is 352 g/mol. The number of terminal acetylenes is 1. The summed E-state index contributed by atoms with van der Waals surface area (Å²) in [7, 11) is 0.554. The molecule has 24 heavy (non-hydrogen) atoms. The molecule has 2 N–H and O–H groups in total. The van der Waals surface area contributed by atoms with E-state index in [4.69, 9.17) is 11.2 Å². The van der Waals surface area contributed by atoms with Crippen LogP contribution in [0.25, 0.3) is 0 Å². The standard InChI is InChI=1S/C17H25N3O3S/c1-4-13-24(21,22)18-14-17(20-9-11-23-12-10-20)15-5-7-16(8-6-15)19(2)3/h1,5-8,17-18H,9-14H2,2-3H3/p+1/t17-/m1/s1. The zero-order valence-electron chi connectivity index (χ0n) is 14.3. The molecule has 1 fully saturated rings. The fraction of sp³-hybridized carbons (Fsp3) is 0.529. The molecule has 1 heterocycles. The molecule has 6 nitrogen and oxygen atoms in total. The number of sulfonamides is 1. The number of ether oxygens (including phenoxy) is 1. The summed E-state index contributed by atoms with van der Waals surface area (Å²) in [6.07, 6.45) is 5.12. The van der Waals surface area contributed by atoms with Gasteiger partial charge in [-0.2, -0.15) is 0 Å². The predicted molar refractivity (Wildman–Crippen MR) is 95.6 cm³/mol. The lowest BCUT2D eigenvalue weighted by Crippen LogP contribution is -3.15. The second-order valence-corrected chi connectivity index (χ2v) is 7.93. The maximum Gasteiger partial charge on any atom is 0.223 e. The van der Waals surface area contributed by atoms with Crippen LogP contribution < -0.4 is 14.5 Å².